The molecule has 0 unspecified atom stereocenters. The molecule has 0 aliphatic rings. The highest BCUT2D eigenvalue weighted by Crippen LogP contribution is 2.17. The van der Waals surface area contributed by atoms with Gasteiger partial charge in [0, 0.05) is 24.5 Å². The van der Waals surface area contributed by atoms with Crippen LogP contribution in [0.3, 0.4) is 0 Å². The van der Waals surface area contributed by atoms with Crippen molar-refractivity contribution in [3.8, 4) is 5.69 Å². The first kappa shape index (κ1) is 14.7. The maximum Gasteiger partial charge on any atom is 0.178 e. The Morgan fingerprint density at radius 3 is 2.55 bits per heavy atom. The van der Waals surface area contributed by atoms with Crippen molar-refractivity contribution in [2.45, 2.75) is 24.7 Å². The number of rotatable bonds is 6. The second-order valence-corrected chi connectivity index (χ2v) is 6.67. The Hall–Kier alpha value is -1.66. The summed E-state index contributed by atoms with van der Waals surface area (Å²) in [5.41, 5.74) is 6.44. The number of aromatic nitrogens is 2. The van der Waals surface area contributed by atoms with Gasteiger partial charge < -0.3 is 10.3 Å². The third-order valence-corrected chi connectivity index (χ3v) is 4.97. The number of nitrogens with zero attached hydrogens (tertiary/aromatic N) is 2. The summed E-state index contributed by atoms with van der Waals surface area (Å²) in [4.78, 5) is 4.61. The Morgan fingerprint density at radius 2 is 1.95 bits per heavy atom. The van der Waals surface area contributed by atoms with Crippen molar-refractivity contribution < 1.29 is 8.42 Å². The standard InChI is InChI=1S/C14H19N3O2S/c1-2-11-20(18,19)13-5-3-12(4-6-13)17-10-9-16-14(17)7-8-15/h3-6,9-10H,2,7-8,11,15H2,1H3. The first-order valence-corrected chi connectivity index (χ1v) is 8.29. The Balaban J connectivity index is 2.31. The van der Waals surface area contributed by atoms with Gasteiger partial charge in [0.15, 0.2) is 9.84 Å². The van der Waals surface area contributed by atoms with Crippen molar-refractivity contribution >= 4 is 9.84 Å². The summed E-state index contributed by atoms with van der Waals surface area (Å²) in [6.45, 7) is 2.39. The summed E-state index contributed by atoms with van der Waals surface area (Å²) >= 11 is 0. The molecule has 0 atom stereocenters. The van der Waals surface area contributed by atoms with Gasteiger partial charge >= 0.3 is 0 Å². The summed E-state index contributed by atoms with van der Waals surface area (Å²) in [5.74, 6) is 1.05. The Morgan fingerprint density at radius 1 is 1.25 bits per heavy atom. The van der Waals surface area contributed by atoms with Crippen LogP contribution in [0.1, 0.15) is 19.2 Å². The molecule has 1 heterocycles. The fourth-order valence-corrected chi connectivity index (χ4v) is 3.41. The molecule has 0 fully saturated rings. The molecule has 108 valence electrons. The summed E-state index contributed by atoms with van der Waals surface area (Å²) in [6.07, 6.45) is 4.86. The molecular formula is C14H19N3O2S. The summed E-state index contributed by atoms with van der Waals surface area (Å²) in [5, 5.41) is 0. The average molecular weight is 293 g/mol. The van der Waals surface area contributed by atoms with Crippen LogP contribution in [0.4, 0.5) is 0 Å². The van der Waals surface area contributed by atoms with Crippen LogP contribution in [-0.4, -0.2) is 30.3 Å². The van der Waals surface area contributed by atoms with Gasteiger partial charge in [-0.05, 0) is 37.2 Å². The van der Waals surface area contributed by atoms with Crippen LogP contribution in [0.25, 0.3) is 5.69 Å². The lowest BCUT2D eigenvalue weighted by Crippen LogP contribution is -2.09. The van der Waals surface area contributed by atoms with E-state index in [9.17, 15) is 8.42 Å². The molecule has 0 aliphatic carbocycles. The fourth-order valence-electron chi connectivity index (χ4n) is 2.08. The van der Waals surface area contributed by atoms with E-state index in [-0.39, 0.29) is 5.75 Å². The van der Waals surface area contributed by atoms with Crippen molar-refractivity contribution in [2.75, 3.05) is 12.3 Å². The molecule has 2 N–H and O–H groups in total. The molecule has 0 aliphatic heterocycles. The summed E-state index contributed by atoms with van der Waals surface area (Å²) in [6, 6.07) is 6.88. The predicted molar refractivity (Wildman–Crippen MR) is 78.7 cm³/mol. The molecule has 1 aromatic carbocycles. The number of hydrogen-bond donors (Lipinski definition) is 1. The Bertz CT molecular complexity index is 660. The van der Waals surface area contributed by atoms with Gasteiger partial charge in [-0.2, -0.15) is 0 Å². The maximum atomic E-state index is 12.0. The van der Waals surface area contributed by atoms with E-state index in [1.165, 1.54) is 0 Å². The highest BCUT2D eigenvalue weighted by molar-refractivity contribution is 7.91. The van der Waals surface area contributed by atoms with Crippen LogP contribution in [0.15, 0.2) is 41.6 Å². The fraction of sp³-hybridized carbons (Fsp3) is 0.357. The zero-order valence-corrected chi connectivity index (χ0v) is 12.3. The molecule has 20 heavy (non-hydrogen) atoms. The molecule has 0 saturated carbocycles. The second-order valence-electron chi connectivity index (χ2n) is 4.56. The normalized spacial score (nSPS) is 11.7. The lowest BCUT2D eigenvalue weighted by atomic mass is 10.3. The van der Waals surface area contributed by atoms with Crippen LogP contribution in [0.2, 0.25) is 0 Å². The number of imidazole rings is 1. The third-order valence-electron chi connectivity index (χ3n) is 3.03. The van der Waals surface area contributed by atoms with Crippen molar-refractivity contribution in [1.29, 1.82) is 0 Å². The van der Waals surface area contributed by atoms with Crippen LogP contribution in [0, 0.1) is 0 Å². The molecule has 0 bridgehead atoms. The van der Waals surface area contributed by atoms with Crippen LogP contribution in [0.5, 0.6) is 0 Å². The molecule has 1 aromatic heterocycles. The van der Waals surface area contributed by atoms with Gasteiger partial charge in [0.25, 0.3) is 0 Å². The number of nitrogens with two attached hydrogens (primary N) is 1. The Labute approximate surface area is 119 Å². The van der Waals surface area contributed by atoms with E-state index in [4.69, 9.17) is 5.73 Å². The smallest absolute Gasteiger partial charge is 0.178 e. The van der Waals surface area contributed by atoms with Crippen molar-refractivity contribution in [3.63, 3.8) is 0 Å². The molecular weight excluding hydrogens is 274 g/mol. The largest absolute Gasteiger partial charge is 0.330 e. The molecule has 2 aromatic rings. The molecule has 0 amide bonds. The molecule has 0 radical (unpaired) electrons. The number of sulfone groups is 1. The zero-order valence-electron chi connectivity index (χ0n) is 11.5. The quantitative estimate of drug-likeness (QED) is 0.876. The zero-order chi connectivity index (χ0) is 14.6. The number of hydrogen-bond acceptors (Lipinski definition) is 4. The van der Waals surface area contributed by atoms with E-state index >= 15 is 0 Å². The van der Waals surface area contributed by atoms with Crippen LogP contribution in [-0.2, 0) is 16.3 Å². The van der Waals surface area contributed by atoms with Gasteiger partial charge in [0.2, 0.25) is 0 Å². The molecule has 2 rings (SSSR count). The average Bonchev–Trinajstić information content (AvgIpc) is 2.87. The highest BCUT2D eigenvalue weighted by atomic mass is 32.2. The van der Waals surface area contributed by atoms with Crippen molar-refractivity contribution in [1.82, 2.24) is 9.55 Å². The van der Waals surface area contributed by atoms with Crippen molar-refractivity contribution in [2.24, 2.45) is 5.73 Å². The molecule has 0 spiro atoms. The predicted octanol–water partition coefficient (Wildman–Crippen LogP) is 1.56. The molecule has 5 nitrogen and oxygen atoms in total. The van der Waals surface area contributed by atoms with E-state index in [0.29, 0.717) is 24.3 Å². The maximum absolute atomic E-state index is 12.0. The minimum atomic E-state index is -3.16. The summed E-state index contributed by atoms with van der Waals surface area (Å²) in [7, 11) is -3.16. The van der Waals surface area contributed by atoms with Gasteiger partial charge in [-0.1, -0.05) is 6.92 Å². The van der Waals surface area contributed by atoms with Gasteiger partial charge in [-0.25, -0.2) is 13.4 Å². The SMILES string of the molecule is CCCS(=O)(=O)c1ccc(-n2ccnc2CCN)cc1. The minimum absolute atomic E-state index is 0.176. The number of benzene rings is 1. The highest BCUT2D eigenvalue weighted by Gasteiger charge is 2.13. The topological polar surface area (TPSA) is 78.0 Å². The Kier molecular flexibility index (Phi) is 4.57. The lowest BCUT2D eigenvalue weighted by molar-refractivity contribution is 0.594. The lowest BCUT2D eigenvalue weighted by Gasteiger charge is -2.08. The third kappa shape index (κ3) is 3.08. The van der Waals surface area contributed by atoms with Gasteiger partial charge in [0.05, 0.1) is 10.6 Å². The monoisotopic (exact) mass is 293 g/mol. The first-order valence-electron chi connectivity index (χ1n) is 6.64. The van der Waals surface area contributed by atoms with E-state index in [2.05, 4.69) is 4.98 Å². The van der Waals surface area contributed by atoms with Gasteiger partial charge in [-0.15, -0.1) is 0 Å². The van der Waals surface area contributed by atoms with E-state index in [1.54, 1.807) is 30.5 Å². The van der Waals surface area contributed by atoms with E-state index in [0.717, 1.165) is 11.5 Å². The molecule has 0 saturated heterocycles. The minimum Gasteiger partial charge on any atom is -0.330 e. The van der Waals surface area contributed by atoms with E-state index < -0.39 is 9.84 Å². The van der Waals surface area contributed by atoms with E-state index in [1.807, 2.05) is 17.7 Å². The van der Waals surface area contributed by atoms with Crippen LogP contribution >= 0.6 is 0 Å². The first-order chi connectivity index (χ1) is 9.58. The summed E-state index contributed by atoms with van der Waals surface area (Å²) < 4.78 is 25.8. The van der Waals surface area contributed by atoms with Crippen molar-refractivity contribution in [3.05, 3.63) is 42.5 Å². The van der Waals surface area contributed by atoms with Gasteiger partial charge in [0.1, 0.15) is 5.82 Å². The van der Waals surface area contributed by atoms with Crippen LogP contribution < -0.4 is 5.73 Å². The second kappa shape index (κ2) is 6.19. The van der Waals surface area contributed by atoms with Gasteiger partial charge in [-0.3, -0.25) is 0 Å². The molecule has 6 heteroatoms.